The van der Waals surface area contributed by atoms with E-state index in [1.807, 2.05) is 6.07 Å². The van der Waals surface area contributed by atoms with Crippen molar-refractivity contribution >= 4 is 42.0 Å². The molecule has 0 fully saturated rings. The second kappa shape index (κ2) is 11.8. The van der Waals surface area contributed by atoms with Crippen LogP contribution < -0.4 is 16.0 Å². The summed E-state index contributed by atoms with van der Waals surface area (Å²) in [4.78, 5) is 48.2. The fourth-order valence-electron chi connectivity index (χ4n) is 2.90. The number of hydrogen-bond donors (Lipinski definition) is 5. The van der Waals surface area contributed by atoms with Gasteiger partial charge < -0.3 is 21.1 Å². The number of carbonyl (C=O) groups is 4. The summed E-state index contributed by atoms with van der Waals surface area (Å²) in [7, 11) is 0. The molecule has 8 nitrogen and oxygen atoms in total. The Morgan fingerprint density at radius 1 is 0.968 bits per heavy atom. The van der Waals surface area contributed by atoms with Gasteiger partial charge in [0.2, 0.25) is 11.8 Å². The van der Waals surface area contributed by atoms with E-state index in [1.165, 1.54) is 13.0 Å². The molecule has 0 radical (unpaired) electrons. The lowest BCUT2D eigenvalue weighted by Crippen LogP contribution is -2.52. The van der Waals surface area contributed by atoms with Crippen molar-refractivity contribution in [2.45, 2.75) is 31.8 Å². The third kappa shape index (κ3) is 7.78. The molecule has 164 valence electrons. The Morgan fingerprint density at radius 2 is 1.68 bits per heavy atom. The van der Waals surface area contributed by atoms with Gasteiger partial charge in [-0.15, -0.1) is 0 Å². The zero-order valence-electron chi connectivity index (χ0n) is 17.0. The molecule has 2 atom stereocenters. The fraction of sp³-hybridized carbons (Fsp3) is 0.273. The lowest BCUT2D eigenvalue weighted by Gasteiger charge is -2.21. The number of rotatable bonds is 10. The Bertz CT molecular complexity index is 936. The smallest absolute Gasteiger partial charge is 0.326 e. The minimum absolute atomic E-state index is 0.113. The van der Waals surface area contributed by atoms with E-state index in [-0.39, 0.29) is 24.3 Å². The normalized spacial score (nSPS) is 12.3. The lowest BCUT2D eigenvalue weighted by atomic mass is 10.1. The van der Waals surface area contributed by atoms with Crippen LogP contribution in [0.2, 0.25) is 0 Å². The first-order valence-corrected chi connectivity index (χ1v) is 10.3. The van der Waals surface area contributed by atoms with Crippen molar-refractivity contribution in [2.24, 2.45) is 0 Å². The van der Waals surface area contributed by atoms with E-state index < -0.39 is 29.9 Å². The van der Waals surface area contributed by atoms with Crippen molar-refractivity contribution < 1.29 is 24.3 Å². The van der Waals surface area contributed by atoms with Crippen molar-refractivity contribution in [1.29, 1.82) is 0 Å². The molecule has 4 N–H and O–H groups in total. The van der Waals surface area contributed by atoms with Crippen molar-refractivity contribution in [3.63, 3.8) is 0 Å². The first kappa shape index (κ1) is 23.9. The molecule has 0 saturated carbocycles. The predicted octanol–water partition coefficient (Wildman–Crippen LogP) is 1.88. The van der Waals surface area contributed by atoms with Gasteiger partial charge in [-0.05, 0) is 35.9 Å². The summed E-state index contributed by atoms with van der Waals surface area (Å²) >= 11 is 4.13. The average Bonchev–Trinajstić information content (AvgIpc) is 2.73. The van der Waals surface area contributed by atoms with E-state index in [2.05, 4.69) is 28.6 Å². The molecule has 2 rings (SSSR count). The number of hydrogen-bond acceptors (Lipinski definition) is 5. The van der Waals surface area contributed by atoms with Crippen LogP contribution in [0.1, 0.15) is 29.3 Å². The molecule has 2 aromatic carbocycles. The second-order valence-electron chi connectivity index (χ2n) is 6.89. The molecular weight excluding hydrogens is 418 g/mol. The molecule has 0 bridgehead atoms. The highest BCUT2D eigenvalue weighted by Crippen LogP contribution is 2.11. The van der Waals surface area contributed by atoms with Crippen LogP contribution in [-0.4, -0.2) is 46.6 Å². The Hall–Kier alpha value is -3.33. The molecule has 9 heteroatoms. The lowest BCUT2D eigenvalue weighted by molar-refractivity contribution is -0.142. The molecule has 2 aromatic rings. The second-order valence-corrected chi connectivity index (χ2v) is 7.34. The monoisotopic (exact) mass is 443 g/mol. The average molecular weight is 444 g/mol. The highest BCUT2D eigenvalue weighted by Gasteiger charge is 2.26. The number of nitrogens with one attached hydrogen (secondary N) is 3. The molecule has 0 aliphatic carbocycles. The highest BCUT2D eigenvalue weighted by atomic mass is 32.1. The number of aliphatic carboxylic acids is 1. The van der Waals surface area contributed by atoms with Gasteiger partial charge in [0.15, 0.2) is 0 Å². The summed E-state index contributed by atoms with van der Waals surface area (Å²) in [6.45, 7) is 1.36. The summed E-state index contributed by atoms with van der Waals surface area (Å²) in [6.07, 6.45) is 0.325. The topological polar surface area (TPSA) is 125 Å². The van der Waals surface area contributed by atoms with E-state index in [4.69, 9.17) is 0 Å². The molecule has 31 heavy (non-hydrogen) atoms. The zero-order chi connectivity index (χ0) is 22.8. The van der Waals surface area contributed by atoms with E-state index in [1.54, 1.807) is 42.5 Å². The Morgan fingerprint density at radius 3 is 2.29 bits per heavy atom. The van der Waals surface area contributed by atoms with Crippen LogP contribution in [0, 0.1) is 0 Å². The molecule has 0 heterocycles. The number of amides is 3. The SMILES string of the molecule is CC(=O)Nc1cccc(C(=O)NC(CCS)C(=O)N[C@H](Cc2ccccc2)C(=O)O)c1. The van der Waals surface area contributed by atoms with Gasteiger partial charge in [0, 0.05) is 24.6 Å². The largest absolute Gasteiger partial charge is 0.480 e. The van der Waals surface area contributed by atoms with Crippen LogP contribution in [0.15, 0.2) is 54.6 Å². The number of benzene rings is 2. The van der Waals surface area contributed by atoms with Gasteiger partial charge in [0.1, 0.15) is 12.1 Å². The number of carbonyl (C=O) groups excluding carboxylic acids is 3. The molecule has 0 aliphatic heterocycles. The van der Waals surface area contributed by atoms with Crippen LogP contribution in [-0.2, 0) is 20.8 Å². The van der Waals surface area contributed by atoms with Crippen LogP contribution >= 0.6 is 12.6 Å². The van der Waals surface area contributed by atoms with Crippen LogP contribution in [0.5, 0.6) is 0 Å². The van der Waals surface area contributed by atoms with E-state index in [9.17, 15) is 24.3 Å². The standard InChI is InChI=1S/C22H25N3O5S/c1-14(26)23-17-9-5-8-16(13-17)20(27)24-18(10-11-31)21(28)25-19(22(29)30)12-15-6-3-2-4-7-15/h2-9,13,18-19,31H,10-12H2,1H3,(H,23,26)(H,24,27)(H,25,28)(H,29,30)/t18?,19-/m1/s1. The first-order chi connectivity index (χ1) is 14.8. The minimum Gasteiger partial charge on any atom is -0.480 e. The summed E-state index contributed by atoms with van der Waals surface area (Å²) in [5.74, 6) is -2.27. The molecule has 0 saturated heterocycles. The van der Waals surface area contributed by atoms with Crippen molar-refractivity contribution in [1.82, 2.24) is 10.6 Å². The van der Waals surface area contributed by atoms with E-state index in [0.717, 1.165) is 5.56 Å². The van der Waals surface area contributed by atoms with Crippen LogP contribution in [0.4, 0.5) is 5.69 Å². The van der Waals surface area contributed by atoms with Gasteiger partial charge in [-0.3, -0.25) is 14.4 Å². The van der Waals surface area contributed by atoms with Crippen LogP contribution in [0.25, 0.3) is 0 Å². The van der Waals surface area contributed by atoms with Gasteiger partial charge in [0.25, 0.3) is 5.91 Å². The van der Waals surface area contributed by atoms with Crippen molar-refractivity contribution in [3.8, 4) is 0 Å². The number of carboxylic acids is 1. The summed E-state index contributed by atoms with van der Waals surface area (Å²) in [6, 6.07) is 13.1. The summed E-state index contributed by atoms with van der Waals surface area (Å²) < 4.78 is 0. The maximum absolute atomic E-state index is 12.7. The number of anilines is 1. The quantitative estimate of drug-likeness (QED) is 0.359. The van der Waals surface area contributed by atoms with E-state index in [0.29, 0.717) is 11.4 Å². The molecule has 0 aromatic heterocycles. The molecule has 3 amide bonds. The summed E-state index contributed by atoms with van der Waals surface area (Å²) in [5.41, 5.74) is 1.46. The summed E-state index contributed by atoms with van der Waals surface area (Å²) in [5, 5.41) is 17.2. The molecule has 0 spiro atoms. The molecular formula is C22H25N3O5S. The third-order valence-electron chi connectivity index (χ3n) is 4.38. The van der Waals surface area contributed by atoms with Gasteiger partial charge in [-0.25, -0.2) is 4.79 Å². The van der Waals surface area contributed by atoms with Crippen LogP contribution in [0.3, 0.4) is 0 Å². The van der Waals surface area contributed by atoms with E-state index >= 15 is 0 Å². The number of thiol groups is 1. The van der Waals surface area contributed by atoms with Gasteiger partial charge in [0.05, 0.1) is 0 Å². The Kier molecular flexibility index (Phi) is 9.08. The van der Waals surface area contributed by atoms with Gasteiger partial charge >= 0.3 is 5.97 Å². The molecule has 1 unspecified atom stereocenters. The third-order valence-corrected chi connectivity index (χ3v) is 4.64. The fourth-order valence-corrected chi connectivity index (χ4v) is 3.16. The predicted molar refractivity (Wildman–Crippen MR) is 120 cm³/mol. The maximum Gasteiger partial charge on any atom is 0.326 e. The highest BCUT2D eigenvalue weighted by molar-refractivity contribution is 7.80. The Labute approximate surface area is 185 Å². The van der Waals surface area contributed by atoms with Gasteiger partial charge in [-0.1, -0.05) is 36.4 Å². The minimum atomic E-state index is -1.17. The molecule has 0 aliphatic rings. The maximum atomic E-state index is 12.7. The Balaban J connectivity index is 2.09. The zero-order valence-corrected chi connectivity index (χ0v) is 17.9. The van der Waals surface area contributed by atoms with Crippen molar-refractivity contribution in [2.75, 3.05) is 11.1 Å². The van der Waals surface area contributed by atoms with Gasteiger partial charge in [-0.2, -0.15) is 12.6 Å². The first-order valence-electron chi connectivity index (χ1n) is 9.66. The number of carboxylic acid groups (broad SMARTS) is 1. The van der Waals surface area contributed by atoms with Crippen molar-refractivity contribution in [3.05, 3.63) is 65.7 Å².